The van der Waals surface area contributed by atoms with Crippen LogP contribution in [0.3, 0.4) is 0 Å². The molecule has 0 radical (unpaired) electrons. The summed E-state index contributed by atoms with van der Waals surface area (Å²) in [5.74, 6) is 1.28. The fraction of sp³-hybridized carbons (Fsp3) is 0.529. The van der Waals surface area contributed by atoms with Crippen molar-refractivity contribution in [2.45, 2.75) is 45.8 Å². The fourth-order valence-corrected chi connectivity index (χ4v) is 3.48. The van der Waals surface area contributed by atoms with Crippen LogP contribution in [0.1, 0.15) is 46.0 Å². The summed E-state index contributed by atoms with van der Waals surface area (Å²) in [6.45, 7) is 8.53. The third-order valence-corrected chi connectivity index (χ3v) is 4.59. The SMILES string of the molecule is CC1C[C@@H](c2nc3ccc(I)cc3[nH]2)N(C(=O)OC(C)(C)C)C1. The number of likely N-dealkylation sites (tertiary alicyclic amines) is 1. The molecule has 3 rings (SSSR count). The number of carbonyl (C=O) groups excluding carboxylic acids is 1. The molecule has 1 aromatic carbocycles. The minimum Gasteiger partial charge on any atom is -0.444 e. The first-order chi connectivity index (χ1) is 10.7. The number of rotatable bonds is 1. The summed E-state index contributed by atoms with van der Waals surface area (Å²) < 4.78 is 6.72. The zero-order valence-corrected chi connectivity index (χ0v) is 16.0. The molecule has 1 aliphatic rings. The largest absolute Gasteiger partial charge is 0.444 e. The van der Waals surface area contributed by atoms with E-state index in [0.29, 0.717) is 12.5 Å². The highest BCUT2D eigenvalue weighted by molar-refractivity contribution is 14.1. The van der Waals surface area contributed by atoms with E-state index in [1.807, 2.05) is 32.9 Å². The van der Waals surface area contributed by atoms with Gasteiger partial charge in [0.15, 0.2) is 0 Å². The highest BCUT2D eigenvalue weighted by Crippen LogP contribution is 2.35. The number of ether oxygens (including phenoxy) is 1. The van der Waals surface area contributed by atoms with Crippen molar-refractivity contribution in [2.75, 3.05) is 6.54 Å². The van der Waals surface area contributed by atoms with Crippen molar-refractivity contribution in [2.24, 2.45) is 5.92 Å². The van der Waals surface area contributed by atoms with E-state index in [2.05, 4.69) is 40.6 Å². The molecule has 1 aromatic heterocycles. The number of benzene rings is 1. The highest BCUT2D eigenvalue weighted by Gasteiger charge is 2.38. The summed E-state index contributed by atoms with van der Waals surface area (Å²) in [5.41, 5.74) is 1.46. The van der Waals surface area contributed by atoms with Gasteiger partial charge in [-0.3, -0.25) is 4.90 Å². The number of amides is 1. The van der Waals surface area contributed by atoms with Crippen molar-refractivity contribution in [1.82, 2.24) is 14.9 Å². The second-order valence-electron chi connectivity index (χ2n) is 7.27. The molecule has 1 N–H and O–H groups in total. The standard InChI is InChI=1S/C17H22IN3O2/c1-10-7-14(21(9-10)16(22)23-17(2,3)4)15-19-12-6-5-11(18)8-13(12)20-15/h5-6,8,10,14H,7,9H2,1-4H3,(H,19,20)/t10?,14-/m0/s1. The quantitative estimate of drug-likeness (QED) is 0.683. The zero-order chi connectivity index (χ0) is 16.8. The number of halogens is 1. The molecule has 2 aromatic rings. The first-order valence-electron chi connectivity index (χ1n) is 7.88. The van der Waals surface area contributed by atoms with Crippen LogP contribution in [0, 0.1) is 9.49 Å². The molecule has 6 heteroatoms. The first-order valence-corrected chi connectivity index (χ1v) is 8.95. The van der Waals surface area contributed by atoms with Crippen LogP contribution in [-0.2, 0) is 4.74 Å². The molecule has 2 atom stereocenters. The molecule has 1 unspecified atom stereocenters. The Bertz CT molecular complexity index is 735. The Hall–Kier alpha value is -1.31. The fourth-order valence-electron chi connectivity index (χ4n) is 2.99. The van der Waals surface area contributed by atoms with Crippen LogP contribution >= 0.6 is 22.6 Å². The lowest BCUT2D eigenvalue weighted by Gasteiger charge is -2.27. The van der Waals surface area contributed by atoms with Crippen molar-refractivity contribution in [3.63, 3.8) is 0 Å². The molecule has 0 saturated carbocycles. The van der Waals surface area contributed by atoms with Crippen LogP contribution in [0.4, 0.5) is 4.79 Å². The number of H-pyrrole nitrogens is 1. The Morgan fingerprint density at radius 3 is 2.87 bits per heavy atom. The van der Waals surface area contributed by atoms with E-state index in [-0.39, 0.29) is 12.1 Å². The van der Waals surface area contributed by atoms with Crippen LogP contribution in [0.25, 0.3) is 11.0 Å². The number of aromatic nitrogens is 2. The average Bonchev–Trinajstić information content (AvgIpc) is 2.99. The van der Waals surface area contributed by atoms with Gasteiger partial charge in [-0.2, -0.15) is 0 Å². The topological polar surface area (TPSA) is 58.2 Å². The number of imidazole rings is 1. The Morgan fingerprint density at radius 1 is 1.43 bits per heavy atom. The lowest BCUT2D eigenvalue weighted by Crippen LogP contribution is -2.37. The van der Waals surface area contributed by atoms with Gasteiger partial charge in [-0.25, -0.2) is 9.78 Å². The van der Waals surface area contributed by atoms with Crippen molar-refractivity contribution in [3.05, 3.63) is 27.6 Å². The molecule has 1 aliphatic heterocycles. The van der Waals surface area contributed by atoms with E-state index in [4.69, 9.17) is 9.72 Å². The first kappa shape index (κ1) is 16.5. The lowest BCUT2D eigenvalue weighted by molar-refractivity contribution is 0.0215. The molecule has 2 heterocycles. The van der Waals surface area contributed by atoms with Crippen LogP contribution in [0.15, 0.2) is 18.2 Å². The maximum Gasteiger partial charge on any atom is 0.410 e. The number of carbonyl (C=O) groups is 1. The van der Waals surface area contributed by atoms with E-state index in [0.717, 1.165) is 26.8 Å². The summed E-state index contributed by atoms with van der Waals surface area (Å²) in [4.78, 5) is 22.4. The van der Waals surface area contributed by atoms with Crippen LogP contribution in [-0.4, -0.2) is 33.1 Å². The Morgan fingerprint density at radius 2 is 2.17 bits per heavy atom. The van der Waals surface area contributed by atoms with Crippen molar-refractivity contribution in [1.29, 1.82) is 0 Å². The van der Waals surface area contributed by atoms with Crippen molar-refractivity contribution < 1.29 is 9.53 Å². The van der Waals surface area contributed by atoms with Crippen molar-refractivity contribution >= 4 is 39.7 Å². The van der Waals surface area contributed by atoms with E-state index in [1.54, 1.807) is 4.90 Å². The molecule has 1 saturated heterocycles. The molecule has 1 amide bonds. The summed E-state index contributed by atoms with van der Waals surface area (Å²) in [6.07, 6.45) is 0.637. The summed E-state index contributed by atoms with van der Waals surface area (Å²) in [5, 5.41) is 0. The van der Waals surface area contributed by atoms with Gasteiger partial charge in [0.2, 0.25) is 0 Å². The molecule has 0 spiro atoms. The molecule has 0 aliphatic carbocycles. The Balaban J connectivity index is 1.90. The Labute approximate surface area is 149 Å². The highest BCUT2D eigenvalue weighted by atomic mass is 127. The van der Waals surface area contributed by atoms with E-state index >= 15 is 0 Å². The number of nitrogens with zero attached hydrogens (tertiary/aromatic N) is 2. The zero-order valence-electron chi connectivity index (χ0n) is 13.9. The Kier molecular flexibility index (Phi) is 4.29. The van der Waals surface area contributed by atoms with Gasteiger partial charge in [-0.15, -0.1) is 0 Å². The van der Waals surface area contributed by atoms with Gasteiger partial charge in [-0.05, 0) is 73.9 Å². The van der Waals surface area contributed by atoms with Crippen LogP contribution in [0.5, 0.6) is 0 Å². The maximum atomic E-state index is 12.5. The number of fused-ring (bicyclic) bond motifs is 1. The summed E-state index contributed by atoms with van der Waals surface area (Å²) in [6, 6.07) is 6.07. The predicted molar refractivity (Wildman–Crippen MR) is 98.3 cm³/mol. The average molecular weight is 427 g/mol. The molecular formula is C17H22IN3O2. The molecule has 1 fully saturated rings. The molecular weight excluding hydrogens is 405 g/mol. The minimum atomic E-state index is -0.489. The third-order valence-electron chi connectivity index (χ3n) is 3.92. The van der Waals surface area contributed by atoms with Gasteiger partial charge in [-0.1, -0.05) is 6.92 Å². The maximum absolute atomic E-state index is 12.5. The predicted octanol–water partition coefficient (Wildman–Crippen LogP) is 4.49. The van der Waals surface area contributed by atoms with Gasteiger partial charge >= 0.3 is 6.09 Å². The molecule has 124 valence electrons. The lowest BCUT2D eigenvalue weighted by atomic mass is 10.1. The molecule has 0 bridgehead atoms. The van der Waals surface area contributed by atoms with Gasteiger partial charge in [0.25, 0.3) is 0 Å². The van der Waals surface area contributed by atoms with Crippen LogP contribution in [0.2, 0.25) is 0 Å². The normalized spacial score (nSPS) is 21.9. The van der Waals surface area contributed by atoms with E-state index in [9.17, 15) is 4.79 Å². The number of aromatic amines is 1. The minimum absolute atomic E-state index is 0.0510. The van der Waals surface area contributed by atoms with Gasteiger partial charge < -0.3 is 9.72 Å². The smallest absolute Gasteiger partial charge is 0.410 e. The van der Waals surface area contributed by atoms with Gasteiger partial charge in [0, 0.05) is 10.1 Å². The second-order valence-corrected chi connectivity index (χ2v) is 8.52. The summed E-state index contributed by atoms with van der Waals surface area (Å²) >= 11 is 2.29. The third kappa shape index (κ3) is 3.62. The molecule has 23 heavy (non-hydrogen) atoms. The van der Waals surface area contributed by atoms with Crippen molar-refractivity contribution in [3.8, 4) is 0 Å². The monoisotopic (exact) mass is 427 g/mol. The number of hydrogen-bond acceptors (Lipinski definition) is 3. The van der Waals surface area contributed by atoms with Gasteiger partial charge in [0.05, 0.1) is 17.1 Å². The van der Waals surface area contributed by atoms with Crippen LogP contribution < -0.4 is 0 Å². The van der Waals surface area contributed by atoms with E-state index in [1.165, 1.54) is 0 Å². The van der Waals surface area contributed by atoms with Gasteiger partial charge in [0.1, 0.15) is 11.4 Å². The number of hydrogen-bond donors (Lipinski definition) is 1. The number of nitrogens with one attached hydrogen (secondary N) is 1. The van der Waals surface area contributed by atoms with E-state index < -0.39 is 5.60 Å². The second kappa shape index (κ2) is 5.96. The molecule has 5 nitrogen and oxygen atoms in total. The summed E-state index contributed by atoms with van der Waals surface area (Å²) in [7, 11) is 0.